The predicted octanol–water partition coefficient (Wildman–Crippen LogP) is 5.35. The summed E-state index contributed by atoms with van der Waals surface area (Å²) in [4.78, 5) is 16.8. The number of hydrogen-bond acceptors (Lipinski definition) is 4. The zero-order valence-electron chi connectivity index (χ0n) is 15.9. The summed E-state index contributed by atoms with van der Waals surface area (Å²) in [7, 11) is 0. The highest BCUT2D eigenvalue weighted by Crippen LogP contribution is 2.26. The van der Waals surface area contributed by atoms with Crippen LogP contribution in [0.25, 0.3) is 22.2 Å². The number of amides is 1. The number of nitrogens with zero attached hydrogens (tertiary/aromatic N) is 2. The normalized spacial score (nSPS) is 12.1. The maximum absolute atomic E-state index is 12.3. The maximum atomic E-state index is 12.3. The molecule has 29 heavy (non-hydrogen) atoms. The highest BCUT2D eigenvalue weighted by molar-refractivity contribution is 6.30. The van der Waals surface area contributed by atoms with E-state index in [1.807, 2.05) is 73.7 Å². The van der Waals surface area contributed by atoms with Crippen molar-refractivity contribution in [1.82, 2.24) is 15.5 Å². The Hall–Kier alpha value is -3.18. The minimum Gasteiger partial charge on any atom is -0.350 e. The average molecular weight is 406 g/mol. The standard InChI is InChI=1S/C23H20ClN3O2/c1-15(16-9-11-18(24)12-10-16)25-21(28)13-14-22-26-23(27-29-22)20-8-4-6-17-5-2-3-7-19(17)20/h2-12,15H,13-14H2,1H3,(H,25,28). The SMILES string of the molecule is CC(NC(=O)CCc1nc(-c2cccc3ccccc23)no1)c1ccc(Cl)cc1. The summed E-state index contributed by atoms with van der Waals surface area (Å²) in [6.07, 6.45) is 0.659. The van der Waals surface area contributed by atoms with Crippen LogP contribution < -0.4 is 5.32 Å². The number of carbonyl (C=O) groups excluding carboxylic acids is 1. The maximum Gasteiger partial charge on any atom is 0.227 e. The highest BCUT2D eigenvalue weighted by atomic mass is 35.5. The second kappa shape index (κ2) is 8.45. The molecule has 4 rings (SSSR count). The van der Waals surface area contributed by atoms with Gasteiger partial charge in [-0.1, -0.05) is 71.4 Å². The minimum absolute atomic E-state index is 0.0719. The number of carbonyl (C=O) groups is 1. The molecule has 0 aliphatic rings. The third-order valence-electron chi connectivity index (χ3n) is 4.81. The summed E-state index contributed by atoms with van der Waals surface area (Å²) in [6.45, 7) is 1.94. The van der Waals surface area contributed by atoms with Gasteiger partial charge >= 0.3 is 0 Å². The highest BCUT2D eigenvalue weighted by Gasteiger charge is 2.14. The first-order valence-electron chi connectivity index (χ1n) is 9.46. The minimum atomic E-state index is -0.103. The molecule has 0 aliphatic heterocycles. The van der Waals surface area contributed by atoms with Crippen LogP contribution in [0.3, 0.4) is 0 Å². The lowest BCUT2D eigenvalue weighted by Crippen LogP contribution is -2.26. The van der Waals surface area contributed by atoms with Crippen molar-refractivity contribution < 1.29 is 9.32 Å². The van der Waals surface area contributed by atoms with E-state index in [-0.39, 0.29) is 18.4 Å². The van der Waals surface area contributed by atoms with E-state index in [0.29, 0.717) is 23.2 Å². The van der Waals surface area contributed by atoms with Gasteiger partial charge in [0, 0.05) is 23.4 Å². The number of halogens is 1. The van der Waals surface area contributed by atoms with Crippen molar-refractivity contribution in [2.24, 2.45) is 0 Å². The molecule has 146 valence electrons. The molecule has 0 saturated carbocycles. The smallest absolute Gasteiger partial charge is 0.227 e. The van der Waals surface area contributed by atoms with Crippen LogP contribution in [0.2, 0.25) is 5.02 Å². The number of benzene rings is 3. The van der Waals surface area contributed by atoms with Crippen molar-refractivity contribution in [3.8, 4) is 11.4 Å². The fraction of sp³-hybridized carbons (Fsp3) is 0.174. The first-order valence-corrected chi connectivity index (χ1v) is 9.83. The van der Waals surface area contributed by atoms with Gasteiger partial charge in [0.15, 0.2) is 0 Å². The van der Waals surface area contributed by atoms with Crippen molar-refractivity contribution in [1.29, 1.82) is 0 Å². The zero-order valence-corrected chi connectivity index (χ0v) is 16.7. The lowest BCUT2D eigenvalue weighted by molar-refractivity contribution is -0.121. The molecule has 1 amide bonds. The molecular formula is C23H20ClN3O2. The summed E-state index contributed by atoms with van der Waals surface area (Å²) in [5.74, 6) is 0.909. The molecule has 3 aromatic carbocycles. The molecule has 1 N–H and O–H groups in total. The molecule has 0 radical (unpaired) electrons. The van der Waals surface area contributed by atoms with Crippen LogP contribution in [0, 0.1) is 0 Å². The van der Waals surface area contributed by atoms with Gasteiger partial charge in [-0.25, -0.2) is 0 Å². The summed E-state index contributed by atoms with van der Waals surface area (Å²) >= 11 is 5.91. The molecule has 0 aliphatic carbocycles. The molecule has 1 heterocycles. The van der Waals surface area contributed by atoms with Gasteiger partial charge in [-0.3, -0.25) is 4.79 Å². The summed E-state index contributed by atoms with van der Waals surface area (Å²) < 4.78 is 5.37. The Morgan fingerprint density at radius 2 is 1.83 bits per heavy atom. The molecule has 4 aromatic rings. The van der Waals surface area contributed by atoms with Crippen molar-refractivity contribution >= 4 is 28.3 Å². The number of aromatic nitrogens is 2. The fourth-order valence-electron chi connectivity index (χ4n) is 3.26. The van der Waals surface area contributed by atoms with Crippen molar-refractivity contribution in [3.63, 3.8) is 0 Å². The van der Waals surface area contributed by atoms with Crippen LogP contribution in [-0.4, -0.2) is 16.0 Å². The number of aryl methyl sites for hydroxylation is 1. The number of rotatable bonds is 6. The Bertz CT molecular complexity index is 1130. The molecule has 1 atom stereocenters. The Kier molecular flexibility index (Phi) is 5.58. The summed E-state index contributed by atoms with van der Waals surface area (Å²) in [6, 6.07) is 21.4. The number of hydrogen-bond donors (Lipinski definition) is 1. The molecule has 5 nitrogen and oxygen atoms in total. The lowest BCUT2D eigenvalue weighted by Gasteiger charge is -2.14. The first kappa shape index (κ1) is 19.2. The van der Waals surface area contributed by atoms with E-state index < -0.39 is 0 Å². The van der Waals surface area contributed by atoms with Gasteiger partial charge < -0.3 is 9.84 Å². The van der Waals surface area contributed by atoms with Crippen molar-refractivity contribution in [2.45, 2.75) is 25.8 Å². The molecular weight excluding hydrogens is 386 g/mol. The molecule has 0 saturated heterocycles. The molecule has 0 bridgehead atoms. The Balaban J connectivity index is 1.39. The van der Waals surface area contributed by atoms with E-state index in [2.05, 4.69) is 15.5 Å². The van der Waals surface area contributed by atoms with E-state index in [1.54, 1.807) is 0 Å². The lowest BCUT2D eigenvalue weighted by atomic mass is 10.0. The Labute approximate surface area is 173 Å². The molecule has 0 fully saturated rings. The fourth-order valence-corrected chi connectivity index (χ4v) is 3.38. The van der Waals surface area contributed by atoms with Gasteiger partial charge in [-0.15, -0.1) is 0 Å². The second-order valence-corrected chi connectivity index (χ2v) is 7.32. The van der Waals surface area contributed by atoms with E-state index >= 15 is 0 Å². The van der Waals surface area contributed by atoms with Crippen LogP contribution in [-0.2, 0) is 11.2 Å². The van der Waals surface area contributed by atoms with Gasteiger partial charge in [0.2, 0.25) is 17.6 Å². The first-order chi connectivity index (χ1) is 14.1. The van der Waals surface area contributed by atoms with Crippen molar-refractivity contribution in [3.05, 3.63) is 83.2 Å². The number of fused-ring (bicyclic) bond motifs is 1. The van der Waals surface area contributed by atoms with Crippen LogP contribution in [0.1, 0.15) is 30.8 Å². The van der Waals surface area contributed by atoms with Gasteiger partial charge in [0.1, 0.15) is 0 Å². The van der Waals surface area contributed by atoms with Gasteiger partial charge in [-0.2, -0.15) is 4.98 Å². The van der Waals surface area contributed by atoms with Gasteiger partial charge in [0.05, 0.1) is 6.04 Å². The van der Waals surface area contributed by atoms with E-state index in [9.17, 15) is 4.79 Å². The quantitative estimate of drug-likeness (QED) is 0.469. The number of nitrogens with one attached hydrogen (secondary N) is 1. The zero-order chi connectivity index (χ0) is 20.2. The van der Waals surface area contributed by atoms with Gasteiger partial charge in [0.25, 0.3) is 0 Å². The summed E-state index contributed by atoms with van der Waals surface area (Å²) in [5, 5.41) is 9.93. The Morgan fingerprint density at radius 1 is 1.07 bits per heavy atom. The molecule has 6 heteroatoms. The van der Waals surface area contributed by atoms with Crippen molar-refractivity contribution in [2.75, 3.05) is 0 Å². The largest absolute Gasteiger partial charge is 0.350 e. The van der Waals surface area contributed by atoms with E-state index in [4.69, 9.17) is 16.1 Å². The second-order valence-electron chi connectivity index (χ2n) is 6.88. The third-order valence-corrected chi connectivity index (χ3v) is 5.06. The van der Waals surface area contributed by atoms with E-state index in [1.165, 1.54) is 0 Å². The topological polar surface area (TPSA) is 68.0 Å². The van der Waals surface area contributed by atoms with Gasteiger partial charge in [-0.05, 0) is 35.4 Å². The Morgan fingerprint density at radius 3 is 2.66 bits per heavy atom. The molecule has 1 aromatic heterocycles. The molecule has 1 unspecified atom stereocenters. The summed E-state index contributed by atoms with van der Waals surface area (Å²) in [5.41, 5.74) is 1.91. The van der Waals surface area contributed by atoms with Crippen LogP contribution in [0.4, 0.5) is 0 Å². The van der Waals surface area contributed by atoms with E-state index in [0.717, 1.165) is 21.9 Å². The predicted molar refractivity (Wildman–Crippen MR) is 114 cm³/mol. The monoisotopic (exact) mass is 405 g/mol. The average Bonchev–Trinajstić information content (AvgIpc) is 3.21. The molecule has 0 spiro atoms. The van der Waals surface area contributed by atoms with Crippen LogP contribution in [0.15, 0.2) is 71.3 Å². The van der Waals surface area contributed by atoms with Crippen LogP contribution in [0.5, 0.6) is 0 Å². The third kappa shape index (κ3) is 4.46. The van der Waals surface area contributed by atoms with Crippen LogP contribution >= 0.6 is 11.6 Å².